The van der Waals surface area contributed by atoms with Crippen LogP contribution in [0.4, 0.5) is 0 Å². The third-order valence-electron chi connectivity index (χ3n) is 5.13. The molecule has 132 valence electrons. The fraction of sp³-hybridized carbons (Fsp3) is 0.0769. The number of aryl methyl sites for hydroxylation is 1. The second-order valence-electron chi connectivity index (χ2n) is 6.96. The van der Waals surface area contributed by atoms with Crippen LogP contribution in [-0.4, -0.2) is 13.6 Å². The molecule has 0 N–H and O–H groups in total. The molecule has 27 heavy (non-hydrogen) atoms. The first kappa shape index (κ1) is 17.8. The van der Waals surface area contributed by atoms with Crippen molar-refractivity contribution in [1.82, 2.24) is 0 Å². The Morgan fingerprint density at radius 3 is 1.22 bits per heavy atom. The van der Waals surface area contributed by atoms with E-state index in [4.69, 9.17) is 0 Å². The zero-order valence-corrected chi connectivity index (χ0v) is 17.5. The summed E-state index contributed by atoms with van der Waals surface area (Å²) in [5.74, 6) is 0. The topological polar surface area (TPSA) is 0 Å². The Morgan fingerprint density at radius 1 is 0.481 bits per heavy atom. The van der Waals surface area contributed by atoms with Gasteiger partial charge in [0.1, 0.15) is 0 Å². The Morgan fingerprint density at radius 2 is 0.852 bits per heavy atom. The molecule has 0 bridgehead atoms. The summed E-state index contributed by atoms with van der Waals surface area (Å²) in [6, 6.07) is 42.6. The van der Waals surface area contributed by atoms with Crippen LogP contribution in [0.25, 0.3) is 0 Å². The molecular formula is C26H24As+. The Labute approximate surface area is 165 Å². The Kier molecular flexibility index (Phi) is 5.28. The molecule has 0 saturated carbocycles. The van der Waals surface area contributed by atoms with Crippen LogP contribution in [0.3, 0.4) is 0 Å². The summed E-state index contributed by atoms with van der Waals surface area (Å²) in [4.78, 5) is 0. The molecule has 4 rings (SSSR count). The van der Waals surface area contributed by atoms with Crippen molar-refractivity contribution in [3.05, 3.63) is 126 Å². The molecule has 4 aromatic carbocycles. The van der Waals surface area contributed by atoms with E-state index in [2.05, 4.69) is 122 Å². The third-order valence-corrected chi connectivity index (χ3v) is 14.3. The summed E-state index contributed by atoms with van der Waals surface area (Å²) >= 11 is -2.65. The molecule has 0 radical (unpaired) electrons. The number of hydrogen-bond acceptors (Lipinski definition) is 0. The predicted molar refractivity (Wildman–Crippen MR) is 119 cm³/mol. The van der Waals surface area contributed by atoms with Crippen LogP contribution >= 0.6 is 0 Å². The van der Waals surface area contributed by atoms with Gasteiger partial charge in [0.05, 0.1) is 0 Å². The Hall–Kier alpha value is -2.56. The molecule has 0 fully saturated rings. The van der Waals surface area contributed by atoms with Gasteiger partial charge in [-0.1, -0.05) is 0 Å². The summed E-state index contributed by atoms with van der Waals surface area (Å²) in [6.07, 6.45) is 0. The Bertz CT molecular complexity index is 878. The van der Waals surface area contributed by atoms with Gasteiger partial charge >= 0.3 is 165 Å². The molecule has 0 heterocycles. The van der Waals surface area contributed by atoms with E-state index in [9.17, 15) is 0 Å². The molecule has 0 saturated heterocycles. The van der Waals surface area contributed by atoms with Gasteiger partial charge in [0.25, 0.3) is 0 Å². The molecule has 0 aromatic heterocycles. The van der Waals surface area contributed by atoms with Crippen molar-refractivity contribution in [2.24, 2.45) is 0 Å². The molecule has 0 aliphatic carbocycles. The minimum absolute atomic E-state index is 1.09. The molecule has 0 aliphatic heterocycles. The summed E-state index contributed by atoms with van der Waals surface area (Å²) < 4.78 is 4.48. The van der Waals surface area contributed by atoms with Gasteiger partial charge in [-0.3, -0.25) is 0 Å². The minimum atomic E-state index is -2.65. The van der Waals surface area contributed by atoms with Gasteiger partial charge in [-0.15, -0.1) is 0 Å². The molecule has 0 aliphatic rings. The quantitative estimate of drug-likeness (QED) is 0.431. The monoisotopic (exact) mass is 411 g/mol. The van der Waals surface area contributed by atoms with Crippen LogP contribution < -0.4 is 13.1 Å². The first-order valence-electron chi connectivity index (χ1n) is 9.39. The molecule has 0 unspecified atom stereocenters. The van der Waals surface area contributed by atoms with Gasteiger partial charge < -0.3 is 0 Å². The van der Waals surface area contributed by atoms with Crippen molar-refractivity contribution < 1.29 is 0 Å². The van der Waals surface area contributed by atoms with Crippen LogP contribution in [0.1, 0.15) is 11.1 Å². The van der Waals surface area contributed by atoms with Gasteiger partial charge in [0.2, 0.25) is 0 Å². The zero-order chi connectivity index (χ0) is 18.5. The fourth-order valence-corrected chi connectivity index (χ4v) is 12.6. The number of hydrogen-bond donors (Lipinski definition) is 0. The molecule has 4 aromatic rings. The third kappa shape index (κ3) is 3.63. The predicted octanol–water partition coefficient (Wildman–Crippen LogP) is 4.25. The maximum absolute atomic E-state index is 2.65. The molecule has 0 nitrogen and oxygen atoms in total. The van der Waals surface area contributed by atoms with E-state index in [0.717, 1.165) is 5.21 Å². The van der Waals surface area contributed by atoms with Crippen LogP contribution in [0.2, 0.25) is 0 Å². The number of benzene rings is 4. The first-order valence-corrected chi connectivity index (χ1v) is 13.5. The number of rotatable bonds is 5. The van der Waals surface area contributed by atoms with E-state index in [0.29, 0.717) is 0 Å². The van der Waals surface area contributed by atoms with Crippen molar-refractivity contribution in [1.29, 1.82) is 0 Å². The van der Waals surface area contributed by atoms with Crippen molar-refractivity contribution >= 4 is 26.6 Å². The van der Waals surface area contributed by atoms with Crippen molar-refractivity contribution in [3.63, 3.8) is 0 Å². The average molecular weight is 411 g/mol. The first-order chi connectivity index (χ1) is 13.3. The maximum atomic E-state index is 2.33. The molecule has 0 amide bonds. The van der Waals surface area contributed by atoms with E-state index >= 15 is 0 Å². The van der Waals surface area contributed by atoms with E-state index in [1.807, 2.05) is 0 Å². The van der Waals surface area contributed by atoms with Gasteiger partial charge in [0.15, 0.2) is 0 Å². The van der Waals surface area contributed by atoms with Crippen LogP contribution in [0.5, 0.6) is 0 Å². The van der Waals surface area contributed by atoms with Crippen molar-refractivity contribution in [2.75, 3.05) is 0 Å². The average Bonchev–Trinajstić information content (AvgIpc) is 2.75. The fourth-order valence-electron chi connectivity index (χ4n) is 3.74. The zero-order valence-electron chi connectivity index (χ0n) is 15.6. The summed E-state index contributed by atoms with van der Waals surface area (Å²) in [7, 11) is 0. The van der Waals surface area contributed by atoms with Crippen LogP contribution in [-0.2, 0) is 5.21 Å². The molecule has 0 spiro atoms. The molecular weight excluding hydrogens is 387 g/mol. The van der Waals surface area contributed by atoms with E-state index < -0.39 is 13.6 Å². The Balaban J connectivity index is 1.98. The van der Waals surface area contributed by atoms with E-state index in [1.54, 1.807) is 0 Å². The van der Waals surface area contributed by atoms with Gasteiger partial charge in [-0.2, -0.15) is 0 Å². The van der Waals surface area contributed by atoms with E-state index in [1.165, 1.54) is 24.2 Å². The van der Waals surface area contributed by atoms with Gasteiger partial charge in [0, 0.05) is 0 Å². The van der Waals surface area contributed by atoms with Crippen LogP contribution in [0, 0.1) is 6.92 Å². The van der Waals surface area contributed by atoms with Gasteiger partial charge in [-0.05, 0) is 0 Å². The summed E-state index contributed by atoms with van der Waals surface area (Å²) in [5.41, 5.74) is 2.73. The molecule has 1 heteroatoms. The second-order valence-corrected chi connectivity index (χ2v) is 14.3. The second kappa shape index (κ2) is 7.99. The SMILES string of the molecule is Cc1ccc(C[As+](c2ccccc2)(c2ccccc2)c2ccccc2)cc1. The van der Waals surface area contributed by atoms with Gasteiger partial charge in [-0.25, -0.2) is 0 Å². The van der Waals surface area contributed by atoms with Crippen LogP contribution in [0.15, 0.2) is 115 Å². The normalized spacial score (nSPS) is 11.3. The van der Waals surface area contributed by atoms with Crippen molar-refractivity contribution in [3.8, 4) is 0 Å². The summed E-state index contributed by atoms with van der Waals surface area (Å²) in [5, 5.41) is 1.09. The summed E-state index contributed by atoms with van der Waals surface area (Å²) in [6.45, 7) is 2.16. The van der Waals surface area contributed by atoms with E-state index in [-0.39, 0.29) is 0 Å². The molecule has 0 atom stereocenters. The standard InChI is InChI=1S/C26H24As/c1-22-17-19-23(20-18-22)21-27(24-11-5-2-6-12-24,25-13-7-3-8-14-25)26-15-9-4-10-16-26/h2-20H,21H2,1H3/q+1. The van der Waals surface area contributed by atoms with Crippen molar-refractivity contribution in [2.45, 2.75) is 12.1 Å².